The minimum Gasteiger partial charge on any atom is -0.497 e. The van der Waals surface area contributed by atoms with Gasteiger partial charge in [-0.3, -0.25) is 4.79 Å². The quantitative estimate of drug-likeness (QED) is 0.310. The Labute approximate surface area is 178 Å². The van der Waals surface area contributed by atoms with Gasteiger partial charge < -0.3 is 9.47 Å². The van der Waals surface area contributed by atoms with Gasteiger partial charge in [0.05, 0.1) is 12.8 Å². The molecule has 0 saturated carbocycles. The van der Waals surface area contributed by atoms with E-state index in [0.29, 0.717) is 5.75 Å². The molecule has 0 spiro atoms. The Hall–Kier alpha value is -3.32. The van der Waals surface area contributed by atoms with Gasteiger partial charge in [-0.05, 0) is 40.6 Å². The number of fused-ring (bicyclic) bond motifs is 1. The molecule has 0 bridgehead atoms. The Morgan fingerprint density at radius 2 is 1.83 bits per heavy atom. The van der Waals surface area contributed by atoms with Crippen molar-refractivity contribution in [3.8, 4) is 5.75 Å². The van der Waals surface area contributed by atoms with E-state index in [0.717, 1.165) is 17.0 Å². The van der Waals surface area contributed by atoms with Crippen molar-refractivity contribution in [1.82, 2.24) is 15.0 Å². The van der Waals surface area contributed by atoms with Gasteiger partial charge in [0, 0.05) is 16.8 Å². The molecule has 1 aromatic heterocycles. The monoisotopic (exact) mass is 419 g/mol. The number of carbonyl (C=O) groups is 1. The Morgan fingerprint density at radius 1 is 1.03 bits per heavy atom. The summed E-state index contributed by atoms with van der Waals surface area (Å²) in [5, 5.41) is 10.6. The van der Waals surface area contributed by atoms with Crippen molar-refractivity contribution in [2.45, 2.75) is 23.8 Å². The molecule has 152 valence electrons. The number of ether oxygens (including phenoxy) is 2. The lowest BCUT2D eigenvalue weighted by Crippen LogP contribution is -2.14. The number of esters is 1. The number of hydrogen-bond donors (Lipinski definition) is 0. The predicted molar refractivity (Wildman–Crippen MR) is 116 cm³/mol. The molecule has 0 atom stereocenters. The first-order valence-corrected chi connectivity index (χ1v) is 10.5. The first-order valence-electron chi connectivity index (χ1n) is 9.49. The lowest BCUT2D eigenvalue weighted by Gasteiger charge is -2.05. The van der Waals surface area contributed by atoms with Crippen molar-refractivity contribution >= 4 is 28.5 Å². The van der Waals surface area contributed by atoms with Crippen molar-refractivity contribution in [3.05, 3.63) is 84.2 Å². The van der Waals surface area contributed by atoms with E-state index >= 15 is 0 Å². The molecule has 0 aliphatic heterocycles. The number of aromatic nitrogens is 3. The molecule has 0 fully saturated rings. The molecule has 30 heavy (non-hydrogen) atoms. The summed E-state index contributed by atoms with van der Waals surface area (Å²) in [6.45, 7) is 0.242. The number of hydrogen-bond acceptors (Lipinski definition) is 6. The minimum atomic E-state index is -0.357. The van der Waals surface area contributed by atoms with E-state index in [1.54, 1.807) is 25.1 Å². The van der Waals surface area contributed by atoms with E-state index in [1.165, 1.54) is 20.3 Å². The molecule has 4 aromatic rings. The van der Waals surface area contributed by atoms with Crippen LogP contribution in [0, 0.1) is 0 Å². The van der Waals surface area contributed by atoms with Crippen molar-refractivity contribution in [3.63, 3.8) is 0 Å². The van der Waals surface area contributed by atoms with E-state index < -0.39 is 0 Å². The Morgan fingerprint density at radius 3 is 2.63 bits per heavy atom. The van der Waals surface area contributed by atoms with Gasteiger partial charge >= 0.3 is 5.97 Å². The Balaban J connectivity index is 1.27. The van der Waals surface area contributed by atoms with Gasteiger partial charge in [0.2, 0.25) is 0 Å². The predicted octanol–water partition coefficient (Wildman–Crippen LogP) is 4.48. The average molecular weight is 420 g/mol. The summed E-state index contributed by atoms with van der Waals surface area (Å²) in [4.78, 5) is 13.2. The van der Waals surface area contributed by atoms with Crippen LogP contribution in [0.4, 0.5) is 0 Å². The van der Waals surface area contributed by atoms with Gasteiger partial charge in [0.25, 0.3) is 0 Å². The summed E-state index contributed by atoms with van der Waals surface area (Å²) >= 11 is 1.69. The van der Waals surface area contributed by atoms with Crippen LogP contribution in [-0.2, 0) is 28.4 Å². The van der Waals surface area contributed by atoms with E-state index in [4.69, 9.17) is 9.47 Å². The molecule has 7 heteroatoms. The summed E-state index contributed by atoms with van der Waals surface area (Å²) < 4.78 is 11.9. The SMILES string of the molecule is COc1ccc(COC(=O)Cn2cc(CSc3ccc4ccccc4c3)nn2)cc1. The largest absolute Gasteiger partial charge is 0.497 e. The Kier molecular flexibility index (Phi) is 6.29. The number of thioether (sulfide) groups is 1. The van der Waals surface area contributed by atoms with E-state index in [2.05, 4.69) is 40.6 Å². The maximum atomic E-state index is 12.1. The highest BCUT2D eigenvalue weighted by molar-refractivity contribution is 7.98. The molecule has 4 rings (SSSR count). The third-order valence-corrected chi connectivity index (χ3v) is 5.57. The standard InChI is InChI=1S/C23H21N3O3S/c1-28-21-9-6-17(7-10-21)15-29-23(27)14-26-13-20(24-25-26)16-30-22-11-8-18-4-2-3-5-19(18)12-22/h2-13H,14-16H2,1H3. The Bertz CT molecular complexity index is 1140. The second kappa shape index (κ2) is 9.45. The maximum absolute atomic E-state index is 12.1. The average Bonchev–Trinajstić information content (AvgIpc) is 3.23. The van der Waals surface area contributed by atoms with Gasteiger partial charge in [0.15, 0.2) is 0 Å². The van der Waals surface area contributed by atoms with Crippen LogP contribution < -0.4 is 4.74 Å². The smallest absolute Gasteiger partial charge is 0.328 e. The third kappa shape index (κ3) is 5.18. The molecular weight excluding hydrogens is 398 g/mol. The summed E-state index contributed by atoms with van der Waals surface area (Å²) in [6, 6.07) is 22.1. The lowest BCUT2D eigenvalue weighted by atomic mass is 10.1. The van der Waals surface area contributed by atoms with Crippen LogP contribution in [0.5, 0.6) is 5.75 Å². The van der Waals surface area contributed by atoms with Crippen LogP contribution in [-0.4, -0.2) is 28.1 Å². The number of carbonyl (C=O) groups excluding carboxylic acids is 1. The van der Waals surface area contributed by atoms with Crippen LogP contribution in [0.15, 0.2) is 77.8 Å². The second-order valence-corrected chi connectivity index (χ2v) is 7.76. The first-order chi connectivity index (χ1) is 14.7. The van der Waals surface area contributed by atoms with Gasteiger partial charge in [0.1, 0.15) is 18.9 Å². The van der Waals surface area contributed by atoms with E-state index in [1.807, 2.05) is 36.4 Å². The molecule has 0 radical (unpaired) electrons. The van der Waals surface area contributed by atoms with Crippen LogP contribution >= 0.6 is 11.8 Å². The minimum absolute atomic E-state index is 0.0315. The fraction of sp³-hybridized carbons (Fsp3) is 0.174. The fourth-order valence-electron chi connectivity index (χ4n) is 2.96. The van der Waals surface area contributed by atoms with Gasteiger partial charge in [-0.1, -0.05) is 47.7 Å². The van der Waals surface area contributed by atoms with Crippen LogP contribution in [0.1, 0.15) is 11.3 Å². The molecule has 0 aliphatic carbocycles. The molecular formula is C23H21N3O3S. The topological polar surface area (TPSA) is 66.2 Å². The zero-order valence-corrected chi connectivity index (χ0v) is 17.3. The van der Waals surface area contributed by atoms with Crippen molar-refractivity contribution in [2.75, 3.05) is 7.11 Å². The highest BCUT2D eigenvalue weighted by Crippen LogP contribution is 2.25. The summed E-state index contributed by atoms with van der Waals surface area (Å²) in [7, 11) is 1.61. The van der Waals surface area contributed by atoms with Gasteiger partial charge in [-0.25, -0.2) is 4.68 Å². The van der Waals surface area contributed by atoms with Crippen molar-refractivity contribution in [2.24, 2.45) is 0 Å². The van der Waals surface area contributed by atoms with E-state index in [9.17, 15) is 4.79 Å². The van der Waals surface area contributed by atoms with Crippen LogP contribution in [0.3, 0.4) is 0 Å². The molecule has 0 amide bonds. The highest BCUT2D eigenvalue weighted by atomic mass is 32.2. The highest BCUT2D eigenvalue weighted by Gasteiger charge is 2.09. The number of methoxy groups -OCH3 is 1. The van der Waals surface area contributed by atoms with Crippen molar-refractivity contribution in [1.29, 1.82) is 0 Å². The molecule has 1 heterocycles. The lowest BCUT2D eigenvalue weighted by molar-refractivity contribution is -0.145. The maximum Gasteiger partial charge on any atom is 0.328 e. The zero-order chi connectivity index (χ0) is 20.8. The number of rotatable bonds is 8. The summed E-state index contributed by atoms with van der Waals surface area (Å²) in [5.41, 5.74) is 1.71. The van der Waals surface area contributed by atoms with Crippen molar-refractivity contribution < 1.29 is 14.3 Å². The summed E-state index contributed by atoms with van der Waals surface area (Å²) in [6.07, 6.45) is 1.78. The fourth-order valence-corrected chi connectivity index (χ4v) is 3.78. The second-order valence-electron chi connectivity index (χ2n) is 6.71. The molecule has 3 aromatic carbocycles. The van der Waals surface area contributed by atoms with E-state index in [-0.39, 0.29) is 19.1 Å². The molecule has 0 unspecified atom stereocenters. The summed E-state index contributed by atoms with van der Waals surface area (Å²) in [5.74, 6) is 1.09. The zero-order valence-electron chi connectivity index (χ0n) is 16.5. The molecule has 0 N–H and O–H groups in total. The molecule has 0 saturated heterocycles. The van der Waals surface area contributed by atoms with Gasteiger partial charge in [-0.15, -0.1) is 16.9 Å². The van der Waals surface area contributed by atoms with Crippen LogP contribution in [0.2, 0.25) is 0 Å². The molecule has 0 aliphatic rings. The number of benzene rings is 3. The third-order valence-electron chi connectivity index (χ3n) is 4.54. The first kappa shape index (κ1) is 20.0. The van der Waals surface area contributed by atoms with Gasteiger partial charge in [-0.2, -0.15) is 0 Å². The normalized spacial score (nSPS) is 10.8. The van der Waals surface area contributed by atoms with Crippen LogP contribution in [0.25, 0.3) is 10.8 Å². The number of nitrogens with zero attached hydrogens (tertiary/aromatic N) is 3. The molecule has 6 nitrogen and oxygen atoms in total.